The van der Waals surface area contributed by atoms with E-state index in [2.05, 4.69) is 0 Å². The molecule has 0 aliphatic heterocycles. The van der Waals surface area contributed by atoms with E-state index in [1.165, 1.54) is 0 Å². The number of rotatable bonds is 3. The average molecular weight is 310 g/mol. The van der Waals surface area contributed by atoms with Crippen LogP contribution >= 0.6 is 0 Å². The molecule has 0 radical (unpaired) electrons. The number of benzene rings is 2. The second kappa shape index (κ2) is 6.36. The molecule has 1 aromatic heterocycles. The van der Waals surface area contributed by atoms with Gasteiger partial charge in [0.25, 0.3) is 0 Å². The first-order chi connectivity index (χ1) is 11.2. The van der Waals surface area contributed by atoms with Crippen molar-refractivity contribution in [2.75, 3.05) is 6.61 Å². The molecule has 0 aliphatic carbocycles. The van der Waals surface area contributed by atoms with E-state index in [1.807, 2.05) is 6.07 Å². The van der Waals surface area contributed by atoms with E-state index in [-0.39, 0.29) is 18.1 Å². The van der Waals surface area contributed by atoms with Gasteiger partial charge in [0.2, 0.25) is 11.2 Å². The molecule has 0 atom stereocenters. The fourth-order valence-electron chi connectivity index (χ4n) is 2.23. The van der Waals surface area contributed by atoms with Crippen LogP contribution in [0.2, 0.25) is 0 Å². The van der Waals surface area contributed by atoms with Gasteiger partial charge in [0.1, 0.15) is 5.58 Å². The van der Waals surface area contributed by atoms with Gasteiger partial charge in [-0.2, -0.15) is 0 Å². The Bertz CT molecular complexity index is 896. The van der Waals surface area contributed by atoms with Crippen LogP contribution in [0.3, 0.4) is 0 Å². The van der Waals surface area contributed by atoms with Gasteiger partial charge in [-0.05, 0) is 19.1 Å². The predicted molar refractivity (Wildman–Crippen MR) is 85.6 cm³/mol. The summed E-state index contributed by atoms with van der Waals surface area (Å²) in [5.74, 6) is 0.0238. The summed E-state index contributed by atoms with van der Waals surface area (Å²) >= 11 is 0. The molecule has 5 heteroatoms. The van der Waals surface area contributed by atoms with Gasteiger partial charge >= 0.3 is 6.16 Å². The Hall–Kier alpha value is -3.08. The Morgan fingerprint density at radius 1 is 1.04 bits per heavy atom. The molecular formula is C18H14O5. The van der Waals surface area contributed by atoms with Crippen molar-refractivity contribution in [1.29, 1.82) is 0 Å². The molecule has 23 heavy (non-hydrogen) atoms. The maximum atomic E-state index is 12.7. The van der Waals surface area contributed by atoms with E-state index >= 15 is 0 Å². The van der Waals surface area contributed by atoms with Gasteiger partial charge in [-0.25, -0.2) is 4.79 Å². The highest BCUT2D eigenvalue weighted by Crippen LogP contribution is 2.30. The summed E-state index contributed by atoms with van der Waals surface area (Å²) in [4.78, 5) is 24.3. The summed E-state index contributed by atoms with van der Waals surface area (Å²) in [7, 11) is 0. The van der Waals surface area contributed by atoms with Crippen LogP contribution in [0.25, 0.3) is 22.3 Å². The minimum atomic E-state index is -0.938. The van der Waals surface area contributed by atoms with Gasteiger partial charge < -0.3 is 13.9 Å². The quantitative estimate of drug-likeness (QED) is 0.684. The highest BCUT2D eigenvalue weighted by molar-refractivity contribution is 5.83. The molecule has 0 fully saturated rings. The van der Waals surface area contributed by atoms with Crippen LogP contribution in [-0.4, -0.2) is 12.8 Å². The number of para-hydroxylation sites is 1. The lowest BCUT2D eigenvalue weighted by molar-refractivity contribution is 0.103. The first-order valence-corrected chi connectivity index (χ1v) is 7.16. The third-order valence-corrected chi connectivity index (χ3v) is 3.24. The molecule has 0 unspecified atom stereocenters. The lowest BCUT2D eigenvalue weighted by atomic mass is 10.1. The zero-order valence-corrected chi connectivity index (χ0v) is 12.4. The van der Waals surface area contributed by atoms with Crippen LogP contribution in [0.4, 0.5) is 4.79 Å². The van der Waals surface area contributed by atoms with Crippen LogP contribution < -0.4 is 10.2 Å². The van der Waals surface area contributed by atoms with E-state index < -0.39 is 11.6 Å². The number of hydrogen-bond donors (Lipinski definition) is 0. The zero-order valence-electron chi connectivity index (χ0n) is 12.4. The largest absolute Gasteiger partial charge is 0.514 e. The van der Waals surface area contributed by atoms with Crippen LogP contribution in [0.15, 0.2) is 63.8 Å². The number of carbonyl (C=O) groups is 1. The van der Waals surface area contributed by atoms with Crippen molar-refractivity contribution in [2.24, 2.45) is 0 Å². The first-order valence-electron chi connectivity index (χ1n) is 7.16. The topological polar surface area (TPSA) is 65.7 Å². The third kappa shape index (κ3) is 2.94. The Balaban J connectivity index is 2.23. The van der Waals surface area contributed by atoms with Crippen molar-refractivity contribution < 1.29 is 18.7 Å². The molecule has 0 bridgehead atoms. The monoisotopic (exact) mass is 310 g/mol. The van der Waals surface area contributed by atoms with Crippen molar-refractivity contribution in [3.8, 4) is 17.1 Å². The summed E-state index contributed by atoms with van der Waals surface area (Å²) in [5, 5.41) is 0.339. The molecule has 1 heterocycles. The van der Waals surface area contributed by atoms with Crippen molar-refractivity contribution in [2.45, 2.75) is 6.92 Å². The Morgan fingerprint density at radius 2 is 1.74 bits per heavy atom. The normalized spacial score (nSPS) is 10.5. The third-order valence-electron chi connectivity index (χ3n) is 3.24. The summed E-state index contributed by atoms with van der Waals surface area (Å²) in [6.45, 7) is 1.81. The molecule has 0 saturated heterocycles. The first kappa shape index (κ1) is 14.8. The van der Waals surface area contributed by atoms with Gasteiger partial charge in [-0.1, -0.05) is 42.5 Å². The van der Waals surface area contributed by atoms with Gasteiger partial charge in [-0.15, -0.1) is 0 Å². The molecular weight excluding hydrogens is 296 g/mol. The Kier molecular flexibility index (Phi) is 4.10. The van der Waals surface area contributed by atoms with Crippen molar-refractivity contribution in [1.82, 2.24) is 0 Å². The number of hydrogen-bond acceptors (Lipinski definition) is 5. The highest BCUT2D eigenvalue weighted by atomic mass is 16.7. The second-order valence-electron chi connectivity index (χ2n) is 4.74. The SMILES string of the molecule is CCOC(=O)Oc1c(-c2ccccc2)oc2ccccc2c1=O. The van der Waals surface area contributed by atoms with Crippen molar-refractivity contribution >= 4 is 17.1 Å². The molecule has 116 valence electrons. The van der Waals surface area contributed by atoms with E-state index in [4.69, 9.17) is 13.9 Å². The summed E-state index contributed by atoms with van der Waals surface area (Å²) in [6.07, 6.45) is -0.938. The Labute approximate surface area is 132 Å². The van der Waals surface area contributed by atoms with Gasteiger partial charge in [0, 0.05) is 5.56 Å². The van der Waals surface area contributed by atoms with E-state index in [1.54, 1.807) is 55.5 Å². The van der Waals surface area contributed by atoms with Gasteiger partial charge in [0.05, 0.1) is 12.0 Å². The minimum Gasteiger partial charge on any atom is -0.452 e. The van der Waals surface area contributed by atoms with Crippen molar-refractivity contribution in [3.05, 3.63) is 64.8 Å². The fourth-order valence-corrected chi connectivity index (χ4v) is 2.23. The zero-order chi connectivity index (χ0) is 16.2. The number of ether oxygens (including phenoxy) is 2. The summed E-state index contributed by atoms with van der Waals surface area (Å²) < 4.78 is 15.7. The van der Waals surface area contributed by atoms with E-state index in [9.17, 15) is 9.59 Å². The molecule has 0 aliphatic rings. The van der Waals surface area contributed by atoms with Crippen LogP contribution in [0, 0.1) is 0 Å². The molecule has 5 nitrogen and oxygen atoms in total. The predicted octanol–water partition coefficient (Wildman–Crippen LogP) is 4.00. The molecule has 0 saturated carbocycles. The van der Waals surface area contributed by atoms with Crippen LogP contribution in [0.5, 0.6) is 5.75 Å². The fraction of sp³-hybridized carbons (Fsp3) is 0.111. The van der Waals surface area contributed by atoms with E-state index in [0.29, 0.717) is 16.5 Å². The van der Waals surface area contributed by atoms with Crippen LogP contribution in [-0.2, 0) is 4.74 Å². The van der Waals surface area contributed by atoms with Gasteiger partial charge in [-0.3, -0.25) is 4.79 Å². The smallest absolute Gasteiger partial charge is 0.452 e. The number of fused-ring (bicyclic) bond motifs is 1. The summed E-state index contributed by atoms with van der Waals surface area (Å²) in [5.41, 5.74) is 0.640. The summed E-state index contributed by atoms with van der Waals surface area (Å²) in [6, 6.07) is 15.8. The molecule has 0 spiro atoms. The Morgan fingerprint density at radius 3 is 2.48 bits per heavy atom. The molecule has 3 aromatic rings. The highest BCUT2D eigenvalue weighted by Gasteiger charge is 2.20. The molecule has 2 aromatic carbocycles. The van der Waals surface area contributed by atoms with Crippen molar-refractivity contribution in [3.63, 3.8) is 0 Å². The second-order valence-corrected chi connectivity index (χ2v) is 4.74. The maximum absolute atomic E-state index is 12.7. The lowest BCUT2D eigenvalue weighted by Gasteiger charge is -2.10. The molecule has 3 rings (SSSR count). The minimum absolute atomic E-state index is 0.151. The standard InChI is InChI=1S/C18H14O5/c1-2-21-18(20)23-17-15(19)13-10-6-7-11-14(13)22-16(17)12-8-4-3-5-9-12/h3-11H,2H2,1H3. The van der Waals surface area contributed by atoms with Crippen LogP contribution in [0.1, 0.15) is 6.92 Å². The molecule has 0 amide bonds. The van der Waals surface area contributed by atoms with Gasteiger partial charge in [0.15, 0.2) is 5.76 Å². The van der Waals surface area contributed by atoms with E-state index in [0.717, 1.165) is 0 Å². The number of carbonyl (C=O) groups excluding carboxylic acids is 1. The lowest BCUT2D eigenvalue weighted by Crippen LogP contribution is -2.17. The average Bonchev–Trinajstić information content (AvgIpc) is 2.58. The maximum Gasteiger partial charge on any atom is 0.514 e. The molecule has 0 N–H and O–H groups in total.